The van der Waals surface area contributed by atoms with E-state index < -0.39 is 0 Å². The molecule has 2 aromatic carbocycles. The number of amides is 1. The summed E-state index contributed by atoms with van der Waals surface area (Å²) in [5.74, 6) is 1.03. The van der Waals surface area contributed by atoms with Gasteiger partial charge in [0, 0.05) is 31.7 Å². The summed E-state index contributed by atoms with van der Waals surface area (Å²) in [5, 5.41) is 0. The molecule has 3 heterocycles. The van der Waals surface area contributed by atoms with Gasteiger partial charge in [-0.1, -0.05) is 18.2 Å². The zero-order valence-corrected chi connectivity index (χ0v) is 17.1. The first-order valence-corrected chi connectivity index (χ1v) is 10.8. The molecule has 0 unspecified atom stereocenters. The Morgan fingerprint density at radius 1 is 0.833 bits per heavy atom. The van der Waals surface area contributed by atoms with Gasteiger partial charge in [-0.25, -0.2) is 4.98 Å². The highest BCUT2D eigenvalue weighted by atomic mass is 16.5. The van der Waals surface area contributed by atoms with E-state index in [1.54, 1.807) is 0 Å². The second kappa shape index (κ2) is 8.40. The molecule has 0 N–H and O–H groups in total. The van der Waals surface area contributed by atoms with Crippen molar-refractivity contribution >= 4 is 22.8 Å². The molecule has 2 saturated heterocycles. The summed E-state index contributed by atoms with van der Waals surface area (Å²) in [4.78, 5) is 26.3. The van der Waals surface area contributed by atoms with Crippen molar-refractivity contribution < 1.29 is 9.53 Å². The van der Waals surface area contributed by atoms with Crippen LogP contribution in [0.4, 0.5) is 5.82 Å². The number of aromatic nitrogens is 2. The fourth-order valence-electron chi connectivity index (χ4n) is 4.21. The molecule has 2 fully saturated rings. The van der Waals surface area contributed by atoms with Crippen LogP contribution in [0, 0.1) is 0 Å². The lowest BCUT2D eigenvalue weighted by Gasteiger charge is -2.27. The van der Waals surface area contributed by atoms with Crippen molar-refractivity contribution in [2.45, 2.75) is 19.3 Å². The van der Waals surface area contributed by atoms with Crippen LogP contribution in [0.25, 0.3) is 22.2 Å². The summed E-state index contributed by atoms with van der Waals surface area (Å²) in [6, 6.07) is 14.1. The van der Waals surface area contributed by atoms with Gasteiger partial charge in [0.1, 0.15) is 5.82 Å². The molecule has 0 aliphatic carbocycles. The van der Waals surface area contributed by atoms with Gasteiger partial charge in [-0.15, -0.1) is 0 Å². The number of hydrogen-bond acceptors (Lipinski definition) is 5. The van der Waals surface area contributed by atoms with Gasteiger partial charge in [0.05, 0.1) is 30.4 Å². The lowest BCUT2D eigenvalue weighted by molar-refractivity contribution is 0.0724. The van der Waals surface area contributed by atoms with Gasteiger partial charge in [-0.05, 0) is 54.7 Å². The first-order chi connectivity index (χ1) is 14.8. The van der Waals surface area contributed by atoms with Crippen molar-refractivity contribution in [3.05, 3.63) is 54.2 Å². The summed E-state index contributed by atoms with van der Waals surface area (Å²) >= 11 is 0. The third kappa shape index (κ3) is 3.87. The summed E-state index contributed by atoms with van der Waals surface area (Å²) in [6.45, 7) is 4.87. The molecule has 0 spiro atoms. The zero-order valence-electron chi connectivity index (χ0n) is 17.1. The minimum Gasteiger partial charge on any atom is -0.378 e. The Hall–Kier alpha value is -2.99. The van der Waals surface area contributed by atoms with E-state index in [4.69, 9.17) is 9.72 Å². The van der Waals surface area contributed by atoms with Gasteiger partial charge in [0.25, 0.3) is 5.91 Å². The summed E-state index contributed by atoms with van der Waals surface area (Å²) in [5.41, 5.74) is 4.67. The van der Waals surface area contributed by atoms with Gasteiger partial charge >= 0.3 is 0 Å². The number of nitrogens with zero attached hydrogens (tertiary/aromatic N) is 4. The fourth-order valence-corrected chi connectivity index (χ4v) is 4.21. The van der Waals surface area contributed by atoms with Gasteiger partial charge < -0.3 is 14.5 Å². The molecule has 2 aliphatic rings. The van der Waals surface area contributed by atoms with Crippen LogP contribution in [0.5, 0.6) is 0 Å². The Bertz CT molecular complexity index is 1040. The van der Waals surface area contributed by atoms with E-state index in [1.807, 2.05) is 41.4 Å². The molecule has 0 radical (unpaired) electrons. The first kappa shape index (κ1) is 19.0. The van der Waals surface area contributed by atoms with E-state index >= 15 is 0 Å². The van der Waals surface area contributed by atoms with Crippen molar-refractivity contribution in [1.29, 1.82) is 0 Å². The first-order valence-electron chi connectivity index (χ1n) is 10.8. The van der Waals surface area contributed by atoms with Crippen molar-refractivity contribution in [1.82, 2.24) is 14.9 Å². The largest absolute Gasteiger partial charge is 0.378 e. The van der Waals surface area contributed by atoms with Crippen LogP contribution in [0.15, 0.2) is 48.7 Å². The molecule has 0 atom stereocenters. The number of carbonyl (C=O) groups excluding carboxylic acids is 1. The monoisotopic (exact) mass is 402 g/mol. The topological polar surface area (TPSA) is 58.6 Å². The number of likely N-dealkylation sites (tertiary alicyclic amines) is 1. The average molecular weight is 402 g/mol. The second-order valence-corrected chi connectivity index (χ2v) is 7.96. The third-order valence-corrected chi connectivity index (χ3v) is 5.97. The predicted octanol–water partition coefficient (Wildman–Crippen LogP) is 3.76. The number of carbonyl (C=O) groups is 1. The Kier molecular flexibility index (Phi) is 5.32. The molecule has 6 heteroatoms. The van der Waals surface area contributed by atoms with E-state index in [9.17, 15) is 4.79 Å². The highest BCUT2D eigenvalue weighted by molar-refractivity contribution is 5.95. The summed E-state index contributed by atoms with van der Waals surface area (Å²) in [7, 11) is 0. The standard InChI is InChI=1S/C24H26N4O2/c29-24(28-10-2-1-3-11-28)19-6-4-18(5-7-19)20-8-9-21-22(16-20)26-23(17-25-21)27-12-14-30-15-13-27/h4-9,16-17H,1-3,10-15H2. The van der Waals surface area contributed by atoms with Crippen LogP contribution in [0.3, 0.4) is 0 Å². The zero-order chi connectivity index (χ0) is 20.3. The number of rotatable bonds is 3. The number of morpholine rings is 1. The Morgan fingerprint density at radius 2 is 1.57 bits per heavy atom. The smallest absolute Gasteiger partial charge is 0.253 e. The van der Waals surface area contributed by atoms with Crippen molar-refractivity contribution in [2.75, 3.05) is 44.3 Å². The van der Waals surface area contributed by atoms with Crippen LogP contribution in [0.1, 0.15) is 29.6 Å². The van der Waals surface area contributed by atoms with Crippen molar-refractivity contribution in [2.24, 2.45) is 0 Å². The van der Waals surface area contributed by atoms with Crippen molar-refractivity contribution in [3.63, 3.8) is 0 Å². The number of anilines is 1. The lowest BCUT2D eigenvalue weighted by atomic mass is 10.0. The second-order valence-electron chi connectivity index (χ2n) is 7.96. The average Bonchev–Trinajstić information content (AvgIpc) is 2.84. The van der Waals surface area contributed by atoms with E-state index in [1.165, 1.54) is 6.42 Å². The molecule has 0 bridgehead atoms. The fraction of sp³-hybridized carbons (Fsp3) is 0.375. The SMILES string of the molecule is O=C(c1ccc(-c2ccc3ncc(N4CCOCC4)nc3c2)cc1)N1CCCCC1. The maximum Gasteiger partial charge on any atom is 0.253 e. The molecule has 1 aromatic heterocycles. The van der Waals surface area contributed by atoms with E-state index in [0.29, 0.717) is 0 Å². The van der Waals surface area contributed by atoms with Crippen LogP contribution in [-0.2, 0) is 4.74 Å². The third-order valence-electron chi connectivity index (χ3n) is 5.97. The molecule has 0 saturated carbocycles. The van der Waals surface area contributed by atoms with Crippen LogP contribution >= 0.6 is 0 Å². The van der Waals surface area contributed by atoms with E-state index in [-0.39, 0.29) is 5.91 Å². The van der Waals surface area contributed by atoms with Gasteiger partial charge in [0.15, 0.2) is 0 Å². The lowest BCUT2D eigenvalue weighted by Crippen LogP contribution is -2.36. The molecular formula is C24H26N4O2. The van der Waals surface area contributed by atoms with E-state index in [2.05, 4.69) is 22.0 Å². The number of fused-ring (bicyclic) bond motifs is 1. The van der Waals surface area contributed by atoms with Crippen LogP contribution in [0.2, 0.25) is 0 Å². The number of piperidine rings is 1. The minimum atomic E-state index is 0.140. The summed E-state index contributed by atoms with van der Waals surface area (Å²) < 4.78 is 5.43. The maximum absolute atomic E-state index is 12.7. The normalized spacial score (nSPS) is 17.3. The maximum atomic E-state index is 12.7. The molecule has 5 rings (SSSR count). The van der Waals surface area contributed by atoms with Crippen molar-refractivity contribution in [3.8, 4) is 11.1 Å². The summed E-state index contributed by atoms with van der Waals surface area (Å²) in [6.07, 6.45) is 5.28. The minimum absolute atomic E-state index is 0.140. The van der Waals surface area contributed by atoms with Crippen LogP contribution < -0.4 is 4.90 Å². The molecule has 154 valence electrons. The number of ether oxygens (including phenoxy) is 1. The van der Waals surface area contributed by atoms with Crippen LogP contribution in [-0.4, -0.2) is 60.2 Å². The van der Waals surface area contributed by atoms with Gasteiger partial charge in [0.2, 0.25) is 0 Å². The quantitative estimate of drug-likeness (QED) is 0.668. The molecule has 3 aromatic rings. The number of hydrogen-bond donors (Lipinski definition) is 0. The highest BCUT2D eigenvalue weighted by Gasteiger charge is 2.18. The van der Waals surface area contributed by atoms with Gasteiger partial charge in [-0.2, -0.15) is 0 Å². The Morgan fingerprint density at radius 3 is 2.33 bits per heavy atom. The van der Waals surface area contributed by atoms with E-state index in [0.717, 1.165) is 85.8 Å². The Labute approximate surface area is 176 Å². The predicted molar refractivity (Wildman–Crippen MR) is 118 cm³/mol. The van der Waals surface area contributed by atoms with Gasteiger partial charge in [-0.3, -0.25) is 9.78 Å². The number of benzene rings is 2. The molecule has 6 nitrogen and oxygen atoms in total. The molecule has 1 amide bonds. The highest BCUT2D eigenvalue weighted by Crippen LogP contribution is 2.25. The molecule has 2 aliphatic heterocycles. The Balaban J connectivity index is 1.39. The molecular weight excluding hydrogens is 376 g/mol. The molecule has 30 heavy (non-hydrogen) atoms.